The maximum Gasteiger partial charge on any atom is 0.328 e. The number of nitrogens with one attached hydrogen (secondary N) is 1. The zero-order valence-corrected chi connectivity index (χ0v) is 20.1. The molecule has 0 atom stereocenters. The highest BCUT2D eigenvalue weighted by molar-refractivity contribution is 7.81. The number of carbonyl (C=O) groups is 1. The zero-order valence-electron chi connectivity index (χ0n) is 17.3. The minimum Gasteiger partial charge on any atom is -0.478 e. The van der Waals surface area contributed by atoms with Gasteiger partial charge in [-0.25, -0.2) is 9.78 Å². The summed E-state index contributed by atoms with van der Waals surface area (Å²) in [7, 11) is -2.95. The molecule has 7 heteroatoms. The first kappa shape index (κ1) is 22.2. The van der Waals surface area contributed by atoms with Crippen LogP contribution in [0.15, 0.2) is 42.6 Å². The lowest BCUT2D eigenvalue weighted by molar-refractivity contribution is -0.131. The van der Waals surface area contributed by atoms with E-state index in [1.807, 2.05) is 6.07 Å². The van der Waals surface area contributed by atoms with Crippen molar-refractivity contribution in [3.8, 4) is 0 Å². The van der Waals surface area contributed by atoms with Gasteiger partial charge in [0.25, 0.3) is 0 Å². The molecule has 148 valence electrons. The Hall–Kier alpha value is -2.10. The highest BCUT2D eigenvalue weighted by Crippen LogP contribution is 2.12. The highest BCUT2D eigenvalue weighted by Gasteiger charge is 2.23. The van der Waals surface area contributed by atoms with Crippen LogP contribution in [0.3, 0.4) is 0 Å². The minimum absolute atomic E-state index is 0.644. The Bertz CT molecular complexity index is 879. The Balaban J connectivity index is 2.29. The van der Waals surface area contributed by atoms with Gasteiger partial charge in [0.15, 0.2) is 0 Å². The van der Waals surface area contributed by atoms with Gasteiger partial charge < -0.3 is 10.4 Å². The number of hydrogen-bond donors (Lipinski definition) is 2. The molecule has 1 aromatic carbocycles. The molecule has 28 heavy (non-hydrogen) atoms. The van der Waals surface area contributed by atoms with E-state index in [2.05, 4.69) is 67.8 Å². The normalized spacial score (nSPS) is 12.2. The summed E-state index contributed by atoms with van der Waals surface area (Å²) in [5.41, 5.74) is 1.75. The van der Waals surface area contributed by atoms with Crippen LogP contribution in [0.4, 0.5) is 5.82 Å². The van der Waals surface area contributed by atoms with E-state index >= 15 is 0 Å². The summed E-state index contributed by atoms with van der Waals surface area (Å²) >= 11 is 5.67. The molecule has 1 heterocycles. The maximum absolute atomic E-state index is 10.6. The predicted molar refractivity (Wildman–Crippen MR) is 129 cm³/mol. The van der Waals surface area contributed by atoms with Crippen LogP contribution in [0.5, 0.6) is 0 Å². The summed E-state index contributed by atoms with van der Waals surface area (Å²) in [6.45, 7) is 14.1. The summed E-state index contributed by atoms with van der Waals surface area (Å²) in [6, 6.07) is 10.4. The zero-order chi connectivity index (χ0) is 21.1. The molecule has 0 unspecified atom stereocenters. The van der Waals surface area contributed by atoms with Gasteiger partial charge in [-0.3, -0.25) is 0 Å². The molecule has 4 nitrogen and oxygen atoms in total. The molecule has 0 aliphatic carbocycles. The fourth-order valence-electron chi connectivity index (χ4n) is 2.56. The van der Waals surface area contributed by atoms with E-state index in [0.717, 1.165) is 17.2 Å². The third kappa shape index (κ3) is 6.22. The van der Waals surface area contributed by atoms with Crippen molar-refractivity contribution in [2.75, 3.05) is 5.32 Å². The highest BCUT2D eigenvalue weighted by atomic mass is 32.1. The predicted octanol–water partition coefficient (Wildman–Crippen LogP) is 4.06. The van der Waals surface area contributed by atoms with E-state index in [-0.39, 0.29) is 0 Å². The second-order valence-corrected chi connectivity index (χ2v) is 19.5. The molecule has 2 N–H and O–H groups in total. The van der Waals surface area contributed by atoms with Crippen molar-refractivity contribution >= 4 is 61.6 Å². The molecule has 0 aliphatic rings. The number of aliphatic carboxylic acids is 1. The fourth-order valence-corrected chi connectivity index (χ4v) is 5.28. The van der Waals surface area contributed by atoms with Gasteiger partial charge in [0.2, 0.25) is 0 Å². The number of pyridine rings is 1. The Kier molecular flexibility index (Phi) is 6.74. The van der Waals surface area contributed by atoms with Crippen LogP contribution >= 0.6 is 12.2 Å². The molecule has 0 bridgehead atoms. The number of carboxylic acid groups (broad SMARTS) is 1. The van der Waals surface area contributed by atoms with Gasteiger partial charge in [0.05, 0.1) is 16.1 Å². The number of aromatic nitrogens is 1. The van der Waals surface area contributed by atoms with Crippen molar-refractivity contribution in [3.05, 3.63) is 53.7 Å². The monoisotopic (exact) mass is 428 g/mol. The van der Waals surface area contributed by atoms with Gasteiger partial charge in [-0.05, 0) is 23.8 Å². The van der Waals surface area contributed by atoms with E-state index in [1.54, 1.807) is 12.3 Å². The topological polar surface area (TPSA) is 62.2 Å². The van der Waals surface area contributed by atoms with Crippen LogP contribution in [0, 0.1) is 0 Å². The number of hydrogen-bond acceptors (Lipinski definition) is 3. The molecule has 0 saturated carbocycles. The lowest BCUT2D eigenvalue weighted by atomic mass is 10.2. The molecule has 0 spiro atoms. The number of carboxylic acids is 1. The summed E-state index contributed by atoms with van der Waals surface area (Å²) in [5.74, 6) is -0.339. The van der Waals surface area contributed by atoms with E-state index in [4.69, 9.17) is 17.3 Å². The van der Waals surface area contributed by atoms with Crippen LogP contribution in [0.2, 0.25) is 39.3 Å². The first-order valence-corrected chi connectivity index (χ1v) is 16.6. The van der Waals surface area contributed by atoms with Gasteiger partial charge in [0.1, 0.15) is 10.8 Å². The van der Waals surface area contributed by atoms with E-state index in [0.29, 0.717) is 10.8 Å². The van der Waals surface area contributed by atoms with E-state index in [1.165, 1.54) is 16.4 Å². The van der Waals surface area contributed by atoms with Crippen LogP contribution in [-0.4, -0.2) is 37.2 Å². The van der Waals surface area contributed by atoms with Crippen molar-refractivity contribution in [2.45, 2.75) is 39.3 Å². The SMILES string of the molecule is C[Si](C)(C)c1cc(C(=S)Nc2ccc(/C=C/C(=O)O)cn2)cc([Si](C)(C)C)c1. The maximum atomic E-state index is 10.6. The van der Waals surface area contributed by atoms with Crippen molar-refractivity contribution in [1.82, 2.24) is 4.98 Å². The van der Waals surface area contributed by atoms with Gasteiger partial charge in [0, 0.05) is 17.8 Å². The largest absolute Gasteiger partial charge is 0.478 e. The van der Waals surface area contributed by atoms with Crippen LogP contribution in [-0.2, 0) is 4.79 Å². The molecule has 0 radical (unpaired) electrons. The fraction of sp³-hybridized carbons (Fsp3) is 0.286. The lowest BCUT2D eigenvalue weighted by Gasteiger charge is -2.24. The molecule has 0 fully saturated rings. The average molecular weight is 429 g/mol. The van der Waals surface area contributed by atoms with Crippen molar-refractivity contribution in [2.24, 2.45) is 0 Å². The number of benzene rings is 1. The second kappa shape index (κ2) is 8.50. The molecule has 2 rings (SSSR count). The third-order valence-corrected chi connectivity index (χ3v) is 8.75. The second-order valence-electron chi connectivity index (χ2n) is 8.90. The number of nitrogens with zero attached hydrogens (tertiary/aromatic N) is 1. The van der Waals surface area contributed by atoms with Gasteiger partial charge in [-0.15, -0.1) is 0 Å². The third-order valence-electron chi connectivity index (χ3n) is 4.37. The Labute approximate surface area is 174 Å². The Morgan fingerprint density at radius 1 is 1.04 bits per heavy atom. The van der Waals surface area contributed by atoms with Gasteiger partial charge >= 0.3 is 5.97 Å². The first-order chi connectivity index (χ1) is 12.9. The van der Waals surface area contributed by atoms with Crippen molar-refractivity contribution in [3.63, 3.8) is 0 Å². The molecule has 0 saturated heterocycles. The molecular weight excluding hydrogens is 400 g/mol. The smallest absolute Gasteiger partial charge is 0.328 e. The Morgan fingerprint density at radius 2 is 1.61 bits per heavy atom. The number of anilines is 1. The summed E-state index contributed by atoms with van der Waals surface area (Å²) < 4.78 is 0. The van der Waals surface area contributed by atoms with Gasteiger partial charge in [-0.2, -0.15) is 0 Å². The number of thiocarbonyl (C=S) groups is 1. The summed E-state index contributed by atoms with van der Waals surface area (Å²) in [6.07, 6.45) is 4.22. The van der Waals surface area contributed by atoms with Crippen LogP contribution < -0.4 is 15.7 Å². The first-order valence-electron chi connectivity index (χ1n) is 9.21. The van der Waals surface area contributed by atoms with Crippen LogP contribution in [0.1, 0.15) is 11.1 Å². The van der Waals surface area contributed by atoms with E-state index < -0.39 is 22.1 Å². The molecule has 2 aromatic rings. The van der Waals surface area contributed by atoms with Crippen molar-refractivity contribution in [1.29, 1.82) is 0 Å². The summed E-state index contributed by atoms with van der Waals surface area (Å²) in [5, 5.41) is 14.7. The average Bonchev–Trinajstić information content (AvgIpc) is 2.59. The quantitative estimate of drug-likeness (QED) is 0.413. The molecule has 1 aromatic heterocycles. The standard InChI is InChI=1S/C21H28N2O2SSi2/c1-27(2,3)17-11-16(12-18(13-17)28(4,5)6)21(26)23-19-9-7-15(14-22-19)8-10-20(24)25/h7-14H,1-6H3,(H,24,25)(H,22,23,26)/b10-8+. The van der Waals surface area contributed by atoms with Gasteiger partial charge in [-0.1, -0.05) is 80.1 Å². The number of rotatable bonds is 6. The molecule has 0 amide bonds. The summed E-state index contributed by atoms with van der Waals surface area (Å²) in [4.78, 5) is 15.6. The van der Waals surface area contributed by atoms with E-state index in [9.17, 15) is 4.79 Å². The molecular formula is C21H28N2O2SSi2. The van der Waals surface area contributed by atoms with Crippen molar-refractivity contribution < 1.29 is 9.90 Å². The Morgan fingerprint density at radius 3 is 2.04 bits per heavy atom. The molecule has 0 aliphatic heterocycles. The lowest BCUT2D eigenvalue weighted by Crippen LogP contribution is -2.45. The van der Waals surface area contributed by atoms with Crippen LogP contribution in [0.25, 0.3) is 6.08 Å². The minimum atomic E-state index is -1.48.